The zero-order chi connectivity index (χ0) is 23.2. The van der Waals surface area contributed by atoms with Crippen LogP contribution in [0.4, 0.5) is 0 Å². The van der Waals surface area contributed by atoms with E-state index in [1.54, 1.807) is 0 Å². The number of piperidine rings is 1. The fraction of sp³-hybridized carbons (Fsp3) is 0.429. The summed E-state index contributed by atoms with van der Waals surface area (Å²) < 4.78 is 10.9. The number of rotatable bonds is 5. The highest BCUT2D eigenvalue weighted by molar-refractivity contribution is 5.80. The molecule has 1 atom stereocenters. The average Bonchev–Trinajstić information content (AvgIpc) is 3.56. The monoisotopic (exact) mass is 458 g/mol. The zero-order valence-electron chi connectivity index (χ0n) is 19.3. The molecule has 0 bridgehead atoms. The summed E-state index contributed by atoms with van der Waals surface area (Å²) in [6, 6.07) is 14.5. The smallest absolute Gasteiger partial charge is 0.231 e. The number of hydrogen-bond acceptors (Lipinski definition) is 4. The van der Waals surface area contributed by atoms with Crippen molar-refractivity contribution in [2.24, 2.45) is 0 Å². The van der Waals surface area contributed by atoms with Crippen molar-refractivity contribution in [2.75, 3.05) is 19.9 Å². The fourth-order valence-electron chi connectivity index (χ4n) is 6.15. The third-order valence-corrected chi connectivity index (χ3v) is 8.12. The van der Waals surface area contributed by atoms with Crippen LogP contribution in [0.5, 0.6) is 11.5 Å². The Kier molecular flexibility index (Phi) is 5.12. The van der Waals surface area contributed by atoms with Gasteiger partial charge in [-0.15, -0.1) is 0 Å². The maximum Gasteiger partial charge on any atom is 0.231 e. The summed E-state index contributed by atoms with van der Waals surface area (Å²) in [5.74, 6) is 1.76. The minimum atomic E-state index is -0.384. The topological polar surface area (TPSA) is 67.9 Å². The number of fused-ring (bicyclic) bond motifs is 3. The molecule has 1 spiro atoms. The average molecular weight is 459 g/mol. The van der Waals surface area contributed by atoms with Crippen molar-refractivity contribution < 1.29 is 19.1 Å². The summed E-state index contributed by atoms with van der Waals surface area (Å²) in [6.45, 7) is 1.80. The molecule has 2 saturated heterocycles. The molecule has 0 unspecified atom stereocenters. The third-order valence-electron chi connectivity index (χ3n) is 8.12. The van der Waals surface area contributed by atoms with E-state index in [2.05, 4.69) is 41.7 Å². The highest BCUT2D eigenvalue weighted by atomic mass is 16.7. The SMILES string of the molecule is O=C1CC[C@](CCC(=O)N2CCC3(C=Cc4ccccc43)CC2)(Cc2ccc3c(c2)OCO3)N1. The molecule has 4 aliphatic rings. The van der Waals surface area contributed by atoms with Gasteiger partial charge in [0.1, 0.15) is 0 Å². The molecule has 176 valence electrons. The molecule has 2 amide bonds. The normalized spacial score (nSPS) is 23.9. The van der Waals surface area contributed by atoms with Crippen molar-refractivity contribution in [1.29, 1.82) is 0 Å². The van der Waals surface area contributed by atoms with Gasteiger partial charge in [-0.2, -0.15) is 0 Å². The molecule has 2 fully saturated rings. The minimum absolute atomic E-state index is 0.0693. The second-order valence-electron chi connectivity index (χ2n) is 10.2. The lowest BCUT2D eigenvalue weighted by molar-refractivity contribution is -0.133. The predicted octanol–water partition coefficient (Wildman–Crippen LogP) is 3.97. The lowest BCUT2D eigenvalue weighted by Crippen LogP contribution is -2.47. The highest BCUT2D eigenvalue weighted by Crippen LogP contribution is 2.44. The van der Waals surface area contributed by atoms with Crippen LogP contribution in [0.2, 0.25) is 0 Å². The van der Waals surface area contributed by atoms with Gasteiger partial charge in [-0.05, 0) is 60.9 Å². The van der Waals surface area contributed by atoms with Gasteiger partial charge in [-0.25, -0.2) is 0 Å². The number of benzene rings is 2. The molecular formula is C28H30N2O4. The first-order chi connectivity index (χ1) is 16.5. The van der Waals surface area contributed by atoms with Crippen molar-refractivity contribution in [3.8, 4) is 11.5 Å². The van der Waals surface area contributed by atoms with Crippen LogP contribution < -0.4 is 14.8 Å². The van der Waals surface area contributed by atoms with Crippen LogP contribution in [-0.4, -0.2) is 42.1 Å². The summed E-state index contributed by atoms with van der Waals surface area (Å²) in [7, 11) is 0. The number of ether oxygens (including phenoxy) is 2. The Morgan fingerprint density at radius 3 is 2.68 bits per heavy atom. The van der Waals surface area contributed by atoms with Crippen molar-refractivity contribution in [3.63, 3.8) is 0 Å². The van der Waals surface area contributed by atoms with Crippen LogP contribution >= 0.6 is 0 Å². The van der Waals surface area contributed by atoms with Gasteiger partial charge in [0.2, 0.25) is 18.6 Å². The van der Waals surface area contributed by atoms with E-state index in [4.69, 9.17) is 9.47 Å². The zero-order valence-corrected chi connectivity index (χ0v) is 19.3. The van der Waals surface area contributed by atoms with Gasteiger partial charge in [-0.3, -0.25) is 9.59 Å². The molecule has 1 aliphatic carbocycles. The van der Waals surface area contributed by atoms with Gasteiger partial charge < -0.3 is 19.7 Å². The molecule has 34 heavy (non-hydrogen) atoms. The van der Waals surface area contributed by atoms with Crippen LogP contribution in [0.3, 0.4) is 0 Å². The molecule has 3 aliphatic heterocycles. The van der Waals surface area contributed by atoms with Gasteiger partial charge in [0.25, 0.3) is 0 Å². The van der Waals surface area contributed by atoms with E-state index in [1.807, 2.05) is 23.1 Å². The van der Waals surface area contributed by atoms with Gasteiger partial charge in [0.15, 0.2) is 11.5 Å². The lowest BCUT2D eigenvalue weighted by Gasteiger charge is -2.40. The van der Waals surface area contributed by atoms with Crippen LogP contribution in [0.15, 0.2) is 48.5 Å². The molecule has 1 N–H and O–H groups in total. The molecule has 6 heteroatoms. The summed E-state index contributed by atoms with van der Waals surface area (Å²) in [4.78, 5) is 27.4. The van der Waals surface area contributed by atoms with Crippen molar-refractivity contribution >= 4 is 17.9 Å². The number of hydrogen-bond donors (Lipinski definition) is 1. The predicted molar refractivity (Wildman–Crippen MR) is 129 cm³/mol. The Hall–Kier alpha value is -3.28. The van der Waals surface area contributed by atoms with Crippen molar-refractivity contribution in [3.05, 3.63) is 65.2 Å². The van der Waals surface area contributed by atoms with Gasteiger partial charge in [0.05, 0.1) is 0 Å². The lowest BCUT2D eigenvalue weighted by atomic mass is 9.74. The number of carbonyl (C=O) groups excluding carboxylic acids is 2. The maximum atomic E-state index is 13.2. The molecule has 6 rings (SSSR count). The first-order valence-corrected chi connectivity index (χ1v) is 12.3. The minimum Gasteiger partial charge on any atom is -0.454 e. The molecule has 0 saturated carbocycles. The Morgan fingerprint density at radius 1 is 1.03 bits per heavy atom. The number of nitrogens with zero attached hydrogens (tertiary/aromatic N) is 1. The van der Waals surface area contributed by atoms with Crippen molar-refractivity contribution in [1.82, 2.24) is 10.2 Å². The second kappa shape index (κ2) is 8.19. The molecule has 6 nitrogen and oxygen atoms in total. The number of carbonyl (C=O) groups is 2. The molecule has 0 radical (unpaired) electrons. The van der Waals surface area contributed by atoms with E-state index < -0.39 is 0 Å². The number of amides is 2. The molecule has 0 aromatic heterocycles. The number of allylic oxidation sites excluding steroid dienone is 1. The van der Waals surface area contributed by atoms with Crippen LogP contribution in [-0.2, 0) is 21.4 Å². The Morgan fingerprint density at radius 2 is 1.85 bits per heavy atom. The number of likely N-dealkylation sites (tertiary alicyclic amines) is 1. The fourth-order valence-corrected chi connectivity index (χ4v) is 6.15. The first-order valence-electron chi connectivity index (χ1n) is 12.3. The first kappa shape index (κ1) is 21.3. The van der Waals surface area contributed by atoms with Gasteiger partial charge in [-0.1, -0.05) is 42.5 Å². The molecular weight excluding hydrogens is 428 g/mol. The van der Waals surface area contributed by atoms with E-state index in [9.17, 15) is 9.59 Å². The van der Waals surface area contributed by atoms with Crippen LogP contribution in [0.1, 0.15) is 55.2 Å². The van der Waals surface area contributed by atoms with E-state index >= 15 is 0 Å². The Labute approximate surface area is 199 Å². The number of nitrogens with one attached hydrogen (secondary N) is 1. The van der Waals surface area contributed by atoms with Gasteiger partial charge >= 0.3 is 0 Å². The molecule has 2 aromatic rings. The standard InChI is InChI=1S/C28H30N2O4/c31-25-8-11-28(29-25,18-20-5-6-23-24(17-20)34-19-33-23)12-9-26(32)30-15-13-27(14-16-30)10-7-21-3-1-2-4-22(21)27/h1-7,10,17H,8-9,11-16,18-19H2,(H,29,31)/t28-/m0/s1. The summed E-state index contributed by atoms with van der Waals surface area (Å²) in [5, 5.41) is 3.20. The van der Waals surface area contributed by atoms with Crippen molar-refractivity contribution in [2.45, 2.75) is 55.9 Å². The third kappa shape index (κ3) is 3.75. The maximum absolute atomic E-state index is 13.2. The quantitative estimate of drug-likeness (QED) is 0.736. The van der Waals surface area contributed by atoms with Crippen LogP contribution in [0.25, 0.3) is 6.08 Å². The molecule has 2 aromatic carbocycles. The van der Waals surface area contributed by atoms with E-state index in [0.29, 0.717) is 25.7 Å². The van der Waals surface area contributed by atoms with E-state index in [0.717, 1.165) is 49.4 Å². The summed E-state index contributed by atoms with van der Waals surface area (Å²) in [5.41, 5.74) is 3.49. The largest absolute Gasteiger partial charge is 0.454 e. The Balaban J connectivity index is 1.10. The Bertz CT molecular complexity index is 1160. The van der Waals surface area contributed by atoms with Gasteiger partial charge in [0, 0.05) is 36.9 Å². The van der Waals surface area contributed by atoms with E-state index in [-0.39, 0.29) is 29.6 Å². The summed E-state index contributed by atoms with van der Waals surface area (Å²) in [6.07, 6.45) is 9.54. The van der Waals surface area contributed by atoms with Crippen LogP contribution in [0, 0.1) is 0 Å². The summed E-state index contributed by atoms with van der Waals surface area (Å²) >= 11 is 0. The second-order valence-corrected chi connectivity index (χ2v) is 10.2. The highest BCUT2D eigenvalue weighted by Gasteiger charge is 2.41. The molecule has 3 heterocycles. The van der Waals surface area contributed by atoms with E-state index in [1.165, 1.54) is 11.1 Å².